The Labute approximate surface area is 120 Å². The summed E-state index contributed by atoms with van der Waals surface area (Å²) in [6.07, 6.45) is 0. The molecule has 0 spiro atoms. The molecule has 0 aliphatic rings. The van der Waals surface area contributed by atoms with Crippen molar-refractivity contribution >= 4 is 40.5 Å². The minimum Gasteiger partial charge on any atom is -0.398 e. The largest absolute Gasteiger partial charge is 0.398 e. The summed E-state index contributed by atoms with van der Waals surface area (Å²) in [5, 5.41) is 0.951. The Kier molecular flexibility index (Phi) is 4.14. The van der Waals surface area contributed by atoms with E-state index in [1.165, 1.54) is 0 Å². The van der Waals surface area contributed by atoms with Gasteiger partial charge in [-0.15, -0.1) is 0 Å². The van der Waals surface area contributed by atoms with Crippen molar-refractivity contribution in [1.82, 2.24) is 5.43 Å². The van der Waals surface area contributed by atoms with Crippen LogP contribution >= 0.6 is 23.2 Å². The minimum absolute atomic E-state index is 0.339. The van der Waals surface area contributed by atoms with Crippen LogP contribution in [0.1, 0.15) is 10.4 Å². The second-order valence-electron chi connectivity index (χ2n) is 3.82. The van der Waals surface area contributed by atoms with E-state index < -0.39 is 0 Å². The highest BCUT2D eigenvalue weighted by Crippen LogP contribution is 2.22. The zero-order valence-electron chi connectivity index (χ0n) is 9.78. The van der Waals surface area contributed by atoms with Crippen LogP contribution in [0.4, 0.5) is 11.4 Å². The molecule has 2 rings (SSSR count). The van der Waals surface area contributed by atoms with Crippen LogP contribution in [-0.2, 0) is 0 Å². The van der Waals surface area contributed by atoms with Gasteiger partial charge < -0.3 is 5.73 Å². The summed E-state index contributed by atoms with van der Waals surface area (Å²) in [7, 11) is 0. The molecule has 0 saturated heterocycles. The maximum Gasteiger partial charge on any atom is 0.271 e. The molecule has 0 heterocycles. The van der Waals surface area contributed by atoms with Gasteiger partial charge in [-0.05, 0) is 30.3 Å². The maximum absolute atomic E-state index is 11.9. The van der Waals surface area contributed by atoms with Gasteiger partial charge in [0.15, 0.2) is 0 Å². The molecule has 0 radical (unpaired) electrons. The average Bonchev–Trinajstić information content (AvgIpc) is 2.35. The van der Waals surface area contributed by atoms with Gasteiger partial charge in [-0.2, -0.15) is 0 Å². The lowest BCUT2D eigenvalue weighted by molar-refractivity contribution is 0.0963. The third kappa shape index (κ3) is 3.53. The molecule has 4 N–H and O–H groups in total. The van der Waals surface area contributed by atoms with Gasteiger partial charge in [0.25, 0.3) is 5.91 Å². The Hall–Kier alpha value is -1.91. The number of carbonyl (C=O) groups excluding carboxylic acids is 1. The van der Waals surface area contributed by atoms with Crippen molar-refractivity contribution < 1.29 is 4.79 Å². The van der Waals surface area contributed by atoms with Gasteiger partial charge in [0.2, 0.25) is 0 Å². The second kappa shape index (κ2) is 5.82. The van der Waals surface area contributed by atoms with Gasteiger partial charge in [0.1, 0.15) is 0 Å². The topological polar surface area (TPSA) is 67.2 Å². The van der Waals surface area contributed by atoms with Crippen molar-refractivity contribution in [3.63, 3.8) is 0 Å². The van der Waals surface area contributed by atoms with Gasteiger partial charge in [-0.3, -0.25) is 15.6 Å². The van der Waals surface area contributed by atoms with Crippen LogP contribution in [0.2, 0.25) is 10.0 Å². The number of para-hydroxylation sites is 1. The number of halogens is 2. The summed E-state index contributed by atoms with van der Waals surface area (Å²) in [4.78, 5) is 11.9. The highest BCUT2D eigenvalue weighted by molar-refractivity contribution is 6.35. The van der Waals surface area contributed by atoms with Gasteiger partial charge in [0, 0.05) is 15.7 Å². The Morgan fingerprint density at radius 3 is 2.32 bits per heavy atom. The third-order valence-corrected chi connectivity index (χ3v) is 2.82. The molecule has 6 heteroatoms. The second-order valence-corrected chi connectivity index (χ2v) is 4.70. The number of hydrogen-bond donors (Lipinski definition) is 3. The molecule has 0 atom stereocenters. The predicted octanol–water partition coefficient (Wildman–Crippen LogP) is 3.33. The summed E-state index contributed by atoms with van der Waals surface area (Å²) in [5.74, 6) is -0.339. The minimum atomic E-state index is -0.339. The first-order valence-electron chi connectivity index (χ1n) is 5.43. The Bertz CT molecular complexity index is 596. The SMILES string of the molecule is Nc1ccccc1C(=O)NNc1cc(Cl)cc(Cl)c1. The van der Waals surface area contributed by atoms with Gasteiger partial charge in [-0.1, -0.05) is 35.3 Å². The molecule has 0 aromatic heterocycles. The number of rotatable bonds is 3. The molecule has 0 unspecified atom stereocenters. The zero-order valence-corrected chi connectivity index (χ0v) is 11.3. The summed E-state index contributed by atoms with van der Waals surface area (Å²) in [5.41, 5.74) is 12.3. The first kappa shape index (κ1) is 13.5. The van der Waals surface area contributed by atoms with E-state index in [0.29, 0.717) is 27.0 Å². The van der Waals surface area contributed by atoms with E-state index in [2.05, 4.69) is 10.9 Å². The van der Waals surface area contributed by atoms with Crippen LogP contribution < -0.4 is 16.6 Å². The summed E-state index contributed by atoms with van der Waals surface area (Å²) >= 11 is 11.7. The fourth-order valence-corrected chi connectivity index (χ4v) is 2.05. The quantitative estimate of drug-likeness (QED) is 0.601. The first-order chi connectivity index (χ1) is 9.06. The first-order valence-corrected chi connectivity index (χ1v) is 6.19. The molecule has 98 valence electrons. The fraction of sp³-hybridized carbons (Fsp3) is 0. The number of amides is 1. The average molecular weight is 296 g/mol. The maximum atomic E-state index is 11.9. The molecule has 2 aromatic carbocycles. The van der Waals surface area contributed by atoms with Crippen LogP contribution in [0.3, 0.4) is 0 Å². The molecule has 4 nitrogen and oxygen atoms in total. The van der Waals surface area contributed by atoms with Crippen molar-refractivity contribution in [2.24, 2.45) is 0 Å². The van der Waals surface area contributed by atoms with E-state index in [9.17, 15) is 4.79 Å². The van der Waals surface area contributed by atoms with E-state index in [0.717, 1.165) is 0 Å². The van der Waals surface area contributed by atoms with Crippen LogP contribution in [0.15, 0.2) is 42.5 Å². The number of nitrogen functional groups attached to an aromatic ring is 1. The molecule has 0 saturated carbocycles. The number of hydrazine groups is 1. The number of benzene rings is 2. The molecule has 19 heavy (non-hydrogen) atoms. The van der Waals surface area contributed by atoms with Gasteiger partial charge >= 0.3 is 0 Å². The van der Waals surface area contributed by atoms with Crippen LogP contribution in [-0.4, -0.2) is 5.91 Å². The summed E-state index contributed by atoms with van der Waals surface area (Å²) < 4.78 is 0. The number of nitrogens with one attached hydrogen (secondary N) is 2. The van der Waals surface area contributed by atoms with Gasteiger partial charge in [-0.25, -0.2) is 0 Å². The molecular weight excluding hydrogens is 285 g/mol. The molecule has 0 aliphatic carbocycles. The number of hydrogen-bond acceptors (Lipinski definition) is 3. The van der Waals surface area contributed by atoms with Crippen molar-refractivity contribution in [3.05, 3.63) is 58.1 Å². The highest BCUT2D eigenvalue weighted by Gasteiger charge is 2.08. The monoisotopic (exact) mass is 295 g/mol. The van der Waals surface area contributed by atoms with Crippen molar-refractivity contribution in [1.29, 1.82) is 0 Å². The summed E-state index contributed by atoms with van der Waals surface area (Å²) in [6, 6.07) is 11.7. The van der Waals surface area contributed by atoms with Crippen LogP contribution in [0.5, 0.6) is 0 Å². The lowest BCUT2D eigenvalue weighted by atomic mass is 10.2. The lowest BCUT2D eigenvalue weighted by Gasteiger charge is -2.10. The molecule has 0 aliphatic heterocycles. The zero-order chi connectivity index (χ0) is 13.8. The standard InChI is InChI=1S/C13H11Cl2N3O/c14-8-5-9(15)7-10(6-8)17-18-13(19)11-3-1-2-4-12(11)16/h1-7,17H,16H2,(H,18,19). The Balaban J connectivity index is 2.07. The Morgan fingerprint density at radius 1 is 1.05 bits per heavy atom. The predicted molar refractivity (Wildman–Crippen MR) is 78.4 cm³/mol. The molecule has 0 fully saturated rings. The van der Waals surface area contributed by atoms with E-state index >= 15 is 0 Å². The smallest absolute Gasteiger partial charge is 0.271 e. The van der Waals surface area contributed by atoms with Crippen molar-refractivity contribution in [2.45, 2.75) is 0 Å². The van der Waals surface area contributed by atoms with Crippen molar-refractivity contribution in [3.8, 4) is 0 Å². The van der Waals surface area contributed by atoms with E-state index in [1.54, 1.807) is 42.5 Å². The van der Waals surface area contributed by atoms with E-state index in [4.69, 9.17) is 28.9 Å². The third-order valence-electron chi connectivity index (χ3n) is 2.39. The highest BCUT2D eigenvalue weighted by atomic mass is 35.5. The van der Waals surface area contributed by atoms with Gasteiger partial charge in [0.05, 0.1) is 11.3 Å². The molecular formula is C13H11Cl2N3O. The summed E-state index contributed by atoms with van der Waals surface area (Å²) in [6.45, 7) is 0. The fourth-order valence-electron chi connectivity index (χ4n) is 1.53. The van der Waals surface area contributed by atoms with Crippen LogP contribution in [0, 0.1) is 0 Å². The number of nitrogens with two attached hydrogens (primary N) is 1. The normalized spacial score (nSPS) is 10.0. The number of carbonyl (C=O) groups is 1. The van der Waals surface area contributed by atoms with Crippen molar-refractivity contribution in [2.75, 3.05) is 11.2 Å². The van der Waals surface area contributed by atoms with Crippen LogP contribution in [0.25, 0.3) is 0 Å². The van der Waals surface area contributed by atoms with E-state index in [1.807, 2.05) is 0 Å². The molecule has 1 amide bonds. The van der Waals surface area contributed by atoms with E-state index in [-0.39, 0.29) is 5.91 Å². The molecule has 0 bridgehead atoms. The lowest BCUT2D eigenvalue weighted by Crippen LogP contribution is -2.29. The molecule has 2 aromatic rings. The number of anilines is 2. The Morgan fingerprint density at radius 2 is 1.68 bits per heavy atom.